The summed E-state index contributed by atoms with van der Waals surface area (Å²) in [7, 11) is 0. The Hall–Kier alpha value is -1.86. The SMILES string of the molecule is O=C1[C@H]2[C@H](C(=O)N1c1ccc3nc(SCc4c(Cl)cccc4Cl)sc3c1)[C@H]1C=C[C@H]2C1. The van der Waals surface area contributed by atoms with E-state index < -0.39 is 0 Å². The summed E-state index contributed by atoms with van der Waals surface area (Å²) in [5, 5.41) is 1.28. The summed E-state index contributed by atoms with van der Waals surface area (Å²) in [6.07, 6.45) is 5.16. The van der Waals surface area contributed by atoms with Crippen LogP contribution in [0.4, 0.5) is 5.69 Å². The number of rotatable bonds is 4. The monoisotopic (exact) mass is 486 g/mol. The van der Waals surface area contributed by atoms with E-state index in [4.69, 9.17) is 23.2 Å². The molecule has 31 heavy (non-hydrogen) atoms. The molecule has 2 heterocycles. The number of imide groups is 1. The predicted molar refractivity (Wildman–Crippen MR) is 126 cm³/mol. The fourth-order valence-electron chi connectivity index (χ4n) is 5.05. The highest BCUT2D eigenvalue weighted by molar-refractivity contribution is 8.00. The van der Waals surface area contributed by atoms with Crippen molar-refractivity contribution < 1.29 is 9.59 Å². The van der Waals surface area contributed by atoms with Crippen LogP contribution in [-0.2, 0) is 15.3 Å². The Morgan fingerprint density at radius 2 is 1.71 bits per heavy atom. The molecule has 1 aliphatic heterocycles. The molecule has 8 heteroatoms. The number of hydrogen-bond acceptors (Lipinski definition) is 5. The summed E-state index contributed by atoms with van der Waals surface area (Å²) in [6, 6.07) is 11.1. The van der Waals surface area contributed by atoms with Gasteiger partial charge < -0.3 is 0 Å². The van der Waals surface area contributed by atoms with Gasteiger partial charge in [-0.2, -0.15) is 0 Å². The molecule has 4 atom stereocenters. The van der Waals surface area contributed by atoms with Gasteiger partial charge in [0.2, 0.25) is 11.8 Å². The molecule has 0 spiro atoms. The molecule has 1 saturated carbocycles. The summed E-state index contributed by atoms with van der Waals surface area (Å²) in [4.78, 5) is 32.2. The van der Waals surface area contributed by atoms with Gasteiger partial charge in [-0.05, 0) is 54.2 Å². The number of aromatic nitrogens is 1. The summed E-state index contributed by atoms with van der Waals surface area (Å²) in [5.41, 5.74) is 2.38. The number of fused-ring (bicyclic) bond motifs is 6. The van der Waals surface area contributed by atoms with Crippen LogP contribution in [0, 0.1) is 23.7 Å². The third-order valence-electron chi connectivity index (χ3n) is 6.48. The summed E-state index contributed by atoms with van der Waals surface area (Å²) < 4.78 is 1.84. The second-order valence-electron chi connectivity index (χ2n) is 8.13. The normalized spacial score (nSPS) is 26.5. The quantitative estimate of drug-likeness (QED) is 0.250. The standard InChI is InChI=1S/C23H16Cl2N2O2S2/c24-15-2-1-3-16(25)14(15)10-30-23-26-17-7-6-13(9-18(17)31-23)27-21(28)19-11-4-5-12(8-11)20(19)22(27)29/h1-7,9,11-12,19-20H,8,10H2/t11-,12-,19+,20+/m0/s1. The lowest BCUT2D eigenvalue weighted by Gasteiger charge is -2.17. The summed E-state index contributed by atoms with van der Waals surface area (Å²) in [5.74, 6) is 0.550. The van der Waals surface area contributed by atoms with Crippen LogP contribution in [0.2, 0.25) is 10.0 Å². The molecule has 3 aromatic rings. The largest absolute Gasteiger partial charge is 0.274 e. The van der Waals surface area contributed by atoms with E-state index in [1.807, 2.05) is 36.4 Å². The second kappa shape index (κ2) is 7.34. The molecule has 3 aliphatic rings. The number of carbonyl (C=O) groups excluding carboxylic acids is 2. The molecular formula is C23H16Cl2N2O2S2. The Bertz CT molecular complexity index is 1240. The number of thioether (sulfide) groups is 1. The van der Waals surface area contributed by atoms with Gasteiger partial charge in [-0.15, -0.1) is 11.3 Å². The second-order valence-corrected chi connectivity index (χ2v) is 11.2. The van der Waals surface area contributed by atoms with E-state index in [1.54, 1.807) is 23.1 Å². The van der Waals surface area contributed by atoms with Crippen molar-refractivity contribution in [1.82, 2.24) is 4.98 Å². The van der Waals surface area contributed by atoms with Gasteiger partial charge in [-0.25, -0.2) is 9.88 Å². The van der Waals surface area contributed by atoms with Crippen molar-refractivity contribution in [2.45, 2.75) is 16.5 Å². The Labute approximate surface area is 197 Å². The highest BCUT2D eigenvalue weighted by Crippen LogP contribution is 2.53. The number of anilines is 1. The first-order valence-corrected chi connectivity index (χ1v) is 12.6. The Morgan fingerprint density at radius 1 is 1.03 bits per heavy atom. The Kier molecular flexibility index (Phi) is 4.69. The number of halogens is 2. The molecule has 1 saturated heterocycles. The van der Waals surface area contributed by atoms with Crippen molar-refractivity contribution in [3.8, 4) is 0 Å². The van der Waals surface area contributed by atoms with Gasteiger partial charge in [0.05, 0.1) is 27.7 Å². The van der Waals surface area contributed by atoms with Gasteiger partial charge in [0, 0.05) is 15.8 Å². The molecule has 2 aliphatic carbocycles. The number of thiazole rings is 1. The van der Waals surface area contributed by atoms with E-state index in [9.17, 15) is 9.59 Å². The molecule has 2 amide bonds. The van der Waals surface area contributed by atoms with Crippen LogP contribution in [0.1, 0.15) is 12.0 Å². The Morgan fingerprint density at radius 3 is 2.39 bits per heavy atom. The van der Waals surface area contributed by atoms with Crippen LogP contribution in [0.3, 0.4) is 0 Å². The molecule has 6 rings (SSSR count). The van der Waals surface area contributed by atoms with Crippen LogP contribution in [0.5, 0.6) is 0 Å². The van der Waals surface area contributed by atoms with Gasteiger partial charge in [0.25, 0.3) is 0 Å². The topological polar surface area (TPSA) is 50.3 Å². The van der Waals surface area contributed by atoms with Gasteiger partial charge in [-0.1, -0.05) is 53.2 Å². The van der Waals surface area contributed by atoms with E-state index >= 15 is 0 Å². The van der Waals surface area contributed by atoms with Gasteiger partial charge >= 0.3 is 0 Å². The van der Waals surface area contributed by atoms with Gasteiger partial charge in [-0.3, -0.25) is 9.59 Å². The van der Waals surface area contributed by atoms with Crippen LogP contribution < -0.4 is 4.90 Å². The van der Waals surface area contributed by atoms with E-state index in [1.165, 1.54) is 4.90 Å². The zero-order valence-corrected chi connectivity index (χ0v) is 19.3. The fraction of sp³-hybridized carbons (Fsp3) is 0.261. The number of carbonyl (C=O) groups is 2. The van der Waals surface area contributed by atoms with E-state index in [0.717, 1.165) is 26.5 Å². The fourth-order valence-corrected chi connectivity index (χ4v) is 7.90. The van der Waals surface area contributed by atoms with Crippen molar-refractivity contribution in [1.29, 1.82) is 0 Å². The third kappa shape index (κ3) is 3.07. The first-order valence-electron chi connectivity index (χ1n) is 10.0. The highest BCUT2D eigenvalue weighted by Gasteiger charge is 2.59. The van der Waals surface area contributed by atoms with E-state index in [2.05, 4.69) is 17.1 Å². The lowest BCUT2D eigenvalue weighted by molar-refractivity contribution is -0.123. The molecule has 2 aromatic carbocycles. The molecule has 0 unspecified atom stereocenters. The highest BCUT2D eigenvalue weighted by atomic mass is 35.5. The molecule has 0 radical (unpaired) electrons. The van der Waals surface area contributed by atoms with Crippen molar-refractivity contribution in [2.24, 2.45) is 23.7 Å². The first-order chi connectivity index (χ1) is 15.0. The van der Waals surface area contributed by atoms with Crippen molar-refractivity contribution in [3.63, 3.8) is 0 Å². The van der Waals surface area contributed by atoms with Crippen LogP contribution in [0.15, 0.2) is 52.9 Å². The number of nitrogens with zero attached hydrogens (tertiary/aromatic N) is 2. The Balaban J connectivity index is 1.26. The summed E-state index contributed by atoms with van der Waals surface area (Å²) >= 11 is 15.7. The van der Waals surface area contributed by atoms with Gasteiger partial charge in [0.15, 0.2) is 4.34 Å². The predicted octanol–water partition coefficient (Wildman–Crippen LogP) is 6.21. The number of benzene rings is 2. The lowest BCUT2D eigenvalue weighted by Crippen LogP contribution is -2.32. The minimum Gasteiger partial charge on any atom is -0.274 e. The van der Waals surface area contributed by atoms with Crippen molar-refractivity contribution >= 4 is 74.0 Å². The molecule has 0 N–H and O–H groups in total. The maximum absolute atomic E-state index is 13.1. The molecule has 2 bridgehead atoms. The molecule has 1 aromatic heterocycles. The van der Waals surface area contributed by atoms with E-state index in [-0.39, 0.29) is 35.5 Å². The zero-order valence-electron chi connectivity index (χ0n) is 16.1. The van der Waals surface area contributed by atoms with Crippen LogP contribution >= 0.6 is 46.3 Å². The van der Waals surface area contributed by atoms with Crippen LogP contribution in [0.25, 0.3) is 10.2 Å². The minimum absolute atomic E-state index is 0.0568. The van der Waals surface area contributed by atoms with Crippen molar-refractivity contribution in [2.75, 3.05) is 4.90 Å². The number of allylic oxidation sites excluding steroid dienone is 2. The van der Waals surface area contributed by atoms with Gasteiger partial charge in [0.1, 0.15) is 0 Å². The third-order valence-corrected chi connectivity index (χ3v) is 9.38. The molecule has 2 fully saturated rings. The average Bonchev–Trinajstić information content (AvgIpc) is 3.50. The molecule has 156 valence electrons. The summed E-state index contributed by atoms with van der Waals surface area (Å²) in [6.45, 7) is 0. The van der Waals surface area contributed by atoms with E-state index in [0.29, 0.717) is 21.5 Å². The molecule has 4 nitrogen and oxygen atoms in total. The van der Waals surface area contributed by atoms with Crippen LogP contribution in [-0.4, -0.2) is 16.8 Å². The molecular weight excluding hydrogens is 471 g/mol. The van der Waals surface area contributed by atoms with Crippen molar-refractivity contribution in [3.05, 3.63) is 64.2 Å². The smallest absolute Gasteiger partial charge is 0.238 e. The lowest BCUT2D eigenvalue weighted by atomic mass is 9.85. The minimum atomic E-state index is -0.189. The average molecular weight is 487 g/mol. The maximum atomic E-state index is 13.1. The zero-order chi connectivity index (χ0) is 21.3. The first kappa shape index (κ1) is 19.8. The maximum Gasteiger partial charge on any atom is 0.238 e. The number of amides is 2. The number of hydrogen-bond donors (Lipinski definition) is 0.